The Labute approximate surface area is 185 Å². The van der Waals surface area contributed by atoms with E-state index in [0.29, 0.717) is 12.4 Å². The van der Waals surface area contributed by atoms with Gasteiger partial charge in [0, 0.05) is 5.54 Å². The van der Waals surface area contributed by atoms with Crippen LogP contribution < -0.4 is 14.8 Å². The van der Waals surface area contributed by atoms with E-state index in [1.807, 2.05) is 68.4 Å². The Balaban J connectivity index is 2.10. The number of benzene rings is 2. The lowest BCUT2D eigenvalue weighted by molar-refractivity contribution is -0.118. The van der Waals surface area contributed by atoms with Crippen LogP contribution in [0.4, 0.5) is 0 Å². The normalized spacial score (nSPS) is 12.1. The molecule has 0 saturated carbocycles. The summed E-state index contributed by atoms with van der Waals surface area (Å²) >= 11 is 0. The van der Waals surface area contributed by atoms with Crippen molar-refractivity contribution in [2.45, 2.75) is 53.2 Å². The van der Waals surface area contributed by atoms with Crippen molar-refractivity contribution in [1.82, 2.24) is 5.32 Å². The van der Waals surface area contributed by atoms with E-state index in [4.69, 9.17) is 9.47 Å². The summed E-state index contributed by atoms with van der Waals surface area (Å²) in [5.41, 5.74) is 1.41. The lowest BCUT2D eigenvalue weighted by Crippen LogP contribution is -2.46. The van der Waals surface area contributed by atoms with Crippen LogP contribution in [0.3, 0.4) is 0 Å². The van der Waals surface area contributed by atoms with Gasteiger partial charge < -0.3 is 14.8 Å². The molecule has 5 heteroatoms. The molecule has 0 heterocycles. The molecule has 0 aromatic heterocycles. The molecule has 0 atom stereocenters. The maximum Gasteiger partial charge on any atom is 0.262 e. The molecular formula is C26H32N2O3. The van der Waals surface area contributed by atoms with Crippen molar-refractivity contribution in [3.05, 3.63) is 65.2 Å². The van der Waals surface area contributed by atoms with E-state index in [1.165, 1.54) is 0 Å². The number of carbonyl (C=O) groups excluding carboxylic acids is 1. The van der Waals surface area contributed by atoms with Crippen LogP contribution in [0.15, 0.2) is 54.1 Å². The van der Waals surface area contributed by atoms with E-state index in [2.05, 4.69) is 26.1 Å². The van der Waals surface area contributed by atoms with Crippen LogP contribution in [0.25, 0.3) is 6.08 Å². The van der Waals surface area contributed by atoms with Gasteiger partial charge in [-0.1, -0.05) is 45.0 Å². The number of hydrogen-bond acceptors (Lipinski definition) is 4. The van der Waals surface area contributed by atoms with E-state index in [9.17, 15) is 10.1 Å². The summed E-state index contributed by atoms with van der Waals surface area (Å²) in [5.74, 6) is 1.05. The van der Waals surface area contributed by atoms with Crippen LogP contribution >= 0.6 is 0 Å². The minimum absolute atomic E-state index is 0.0573. The first kappa shape index (κ1) is 24.0. The molecule has 2 rings (SSSR count). The van der Waals surface area contributed by atoms with Crippen LogP contribution in [-0.4, -0.2) is 18.6 Å². The molecule has 2 aromatic carbocycles. The molecule has 0 aliphatic rings. The second kappa shape index (κ2) is 10.2. The standard InChI is InChI=1S/C26H32N2O3/c1-25(2,3)18-26(4,5)28-24(29)21(16-27)13-19-9-7-12-23(14-19)31-17-20-10-8-11-22(15-20)30-6/h7-15H,17-18H2,1-6H3,(H,28,29). The number of amides is 1. The molecule has 0 saturated heterocycles. The molecule has 5 nitrogen and oxygen atoms in total. The second-order valence-corrected chi connectivity index (χ2v) is 9.46. The fourth-order valence-corrected chi connectivity index (χ4v) is 3.68. The summed E-state index contributed by atoms with van der Waals surface area (Å²) < 4.78 is 11.1. The zero-order chi connectivity index (χ0) is 23.1. The minimum Gasteiger partial charge on any atom is -0.497 e. The van der Waals surface area contributed by atoms with Crippen molar-refractivity contribution in [3.63, 3.8) is 0 Å². The monoisotopic (exact) mass is 420 g/mol. The summed E-state index contributed by atoms with van der Waals surface area (Å²) in [5, 5.41) is 12.5. The van der Waals surface area contributed by atoms with Crippen molar-refractivity contribution in [2.75, 3.05) is 7.11 Å². The first-order valence-electron chi connectivity index (χ1n) is 10.3. The first-order chi connectivity index (χ1) is 14.5. The third-order valence-electron chi connectivity index (χ3n) is 4.50. The summed E-state index contributed by atoms with van der Waals surface area (Å²) in [6, 6.07) is 17.0. The number of nitriles is 1. The number of nitrogens with one attached hydrogen (secondary N) is 1. The summed E-state index contributed by atoms with van der Waals surface area (Å²) in [6.07, 6.45) is 2.37. The zero-order valence-electron chi connectivity index (χ0n) is 19.3. The van der Waals surface area contributed by atoms with E-state index in [-0.39, 0.29) is 16.9 Å². The smallest absolute Gasteiger partial charge is 0.262 e. The Kier molecular flexibility index (Phi) is 7.88. The molecule has 0 aliphatic heterocycles. The molecule has 0 fully saturated rings. The van der Waals surface area contributed by atoms with Crippen LogP contribution in [0.1, 0.15) is 52.2 Å². The molecule has 31 heavy (non-hydrogen) atoms. The van der Waals surface area contributed by atoms with Crippen LogP contribution in [0, 0.1) is 16.7 Å². The number of ether oxygens (including phenoxy) is 2. The first-order valence-corrected chi connectivity index (χ1v) is 10.3. The van der Waals surface area contributed by atoms with Gasteiger partial charge in [0.2, 0.25) is 0 Å². The van der Waals surface area contributed by atoms with Gasteiger partial charge in [0.25, 0.3) is 5.91 Å². The fraction of sp³-hybridized carbons (Fsp3) is 0.385. The molecule has 0 bridgehead atoms. The Hall–Kier alpha value is -3.26. The van der Waals surface area contributed by atoms with Gasteiger partial charge in [-0.25, -0.2) is 0 Å². The Bertz CT molecular complexity index is 979. The van der Waals surface area contributed by atoms with Gasteiger partial charge in [-0.3, -0.25) is 4.79 Å². The van der Waals surface area contributed by atoms with E-state index in [0.717, 1.165) is 23.3 Å². The van der Waals surface area contributed by atoms with Gasteiger partial charge in [-0.2, -0.15) is 5.26 Å². The molecule has 0 unspecified atom stereocenters. The zero-order valence-corrected chi connectivity index (χ0v) is 19.3. The van der Waals surface area contributed by atoms with E-state index < -0.39 is 5.54 Å². The fourth-order valence-electron chi connectivity index (χ4n) is 3.68. The van der Waals surface area contributed by atoms with Gasteiger partial charge in [0.05, 0.1) is 7.11 Å². The quantitative estimate of drug-likeness (QED) is 0.451. The number of carbonyl (C=O) groups is 1. The van der Waals surface area contributed by atoms with Crippen molar-refractivity contribution in [2.24, 2.45) is 5.41 Å². The predicted molar refractivity (Wildman–Crippen MR) is 124 cm³/mol. The number of rotatable bonds is 8. The van der Waals surface area contributed by atoms with Crippen molar-refractivity contribution in [1.29, 1.82) is 5.26 Å². The van der Waals surface area contributed by atoms with E-state index in [1.54, 1.807) is 13.2 Å². The van der Waals surface area contributed by atoms with Crippen molar-refractivity contribution in [3.8, 4) is 17.6 Å². The summed E-state index contributed by atoms with van der Waals surface area (Å²) in [6.45, 7) is 10.7. The highest BCUT2D eigenvalue weighted by Crippen LogP contribution is 2.27. The molecule has 164 valence electrons. The molecule has 2 aromatic rings. The lowest BCUT2D eigenvalue weighted by atomic mass is 9.81. The highest BCUT2D eigenvalue weighted by atomic mass is 16.5. The minimum atomic E-state index is -0.424. The Morgan fingerprint density at radius 2 is 1.74 bits per heavy atom. The highest BCUT2D eigenvalue weighted by Gasteiger charge is 2.28. The van der Waals surface area contributed by atoms with Crippen molar-refractivity contribution >= 4 is 12.0 Å². The molecule has 1 amide bonds. The van der Waals surface area contributed by atoms with Gasteiger partial charge in [0.15, 0.2) is 0 Å². The topological polar surface area (TPSA) is 71.3 Å². The average molecular weight is 421 g/mol. The highest BCUT2D eigenvalue weighted by molar-refractivity contribution is 6.02. The van der Waals surface area contributed by atoms with Gasteiger partial charge >= 0.3 is 0 Å². The maximum absolute atomic E-state index is 12.7. The Morgan fingerprint density at radius 3 is 2.39 bits per heavy atom. The third-order valence-corrected chi connectivity index (χ3v) is 4.50. The average Bonchev–Trinajstić information content (AvgIpc) is 2.68. The maximum atomic E-state index is 12.7. The second-order valence-electron chi connectivity index (χ2n) is 9.46. The van der Waals surface area contributed by atoms with Crippen LogP contribution in [-0.2, 0) is 11.4 Å². The van der Waals surface area contributed by atoms with Crippen LogP contribution in [0.2, 0.25) is 0 Å². The largest absolute Gasteiger partial charge is 0.497 e. The summed E-state index contributed by atoms with van der Waals surface area (Å²) in [7, 11) is 1.63. The number of methoxy groups -OCH3 is 1. The van der Waals surface area contributed by atoms with Crippen LogP contribution in [0.5, 0.6) is 11.5 Å². The van der Waals surface area contributed by atoms with E-state index >= 15 is 0 Å². The number of hydrogen-bond donors (Lipinski definition) is 1. The SMILES string of the molecule is COc1cccc(COc2cccc(C=C(C#N)C(=O)NC(C)(C)CC(C)(C)C)c2)c1. The molecule has 0 spiro atoms. The van der Waals surface area contributed by atoms with Gasteiger partial charge in [0.1, 0.15) is 29.7 Å². The molecule has 0 radical (unpaired) electrons. The van der Waals surface area contributed by atoms with Gasteiger partial charge in [-0.15, -0.1) is 0 Å². The summed E-state index contributed by atoms with van der Waals surface area (Å²) in [4.78, 5) is 12.7. The predicted octanol–water partition coefficient (Wildman–Crippen LogP) is 5.51. The Morgan fingerprint density at radius 1 is 1.06 bits per heavy atom. The van der Waals surface area contributed by atoms with Gasteiger partial charge in [-0.05, 0) is 67.2 Å². The molecule has 1 N–H and O–H groups in total. The molecular weight excluding hydrogens is 388 g/mol. The number of nitrogens with zero attached hydrogens (tertiary/aromatic N) is 1. The molecule has 0 aliphatic carbocycles. The lowest BCUT2D eigenvalue weighted by Gasteiger charge is -2.33. The third kappa shape index (κ3) is 8.18. The van der Waals surface area contributed by atoms with Crippen molar-refractivity contribution < 1.29 is 14.3 Å².